The minimum atomic E-state index is -0.241. The Hall–Kier alpha value is -1.89. The van der Waals surface area contributed by atoms with Gasteiger partial charge in [-0.25, -0.2) is 4.98 Å². The minimum Gasteiger partial charge on any atom is -0.494 e. The van der Waals surface area contributed by atoms with Crippen LogP contribution in [0.1, 0.15) is 18.3 Å². The molecule has 0 radical (unpaired) electrons. The first-order valence-corrected chi connectivity index (χ1v) is 9.28. The van der Waals surface area contributed by atoms with Gasteiger partial charge in [0.2, 0.25) is 0 Å². The number of aryl methyl sites for hydroxylation is 1. The van der Waals surface area contributed by atoms with Crippen LogP contribution in [0.4, 0.5) is 0 Å². The maximum Gasteiger partial charge on any atom is 0.282 e. The lowest BCUT2D eigenvalue weighted by Crippen LogP contribution is -2.22. The maximum absolute atomic E-state index is 12.8. The Morgan fingerprint density at radius 1 is 1.27 bits per heavy atom. The summed E-state index contributed by atoms with van der Waals surface area (Å²) >= 11 is 15.7. The molecule has 0 spiro atoms. The summed E-state index contributed by atoms with van der Waals surface area (Å²) < 4.78 is 7.23. The predicted octanol–water partition coefficient (Wildman–Crippen LogP) is 4.92. The first-order chi connectivity index (χ1) is 12.4. The summed E-state index contributed by atoms with van der Waals surface area (Å²) in [4.78, 5) is 17.4. The van der Waals surface area contributed by atoms with E-state index in [2.05, 4.69) is 26.0 Å². The standard InChI is InChI=1S/C18H14BrCl2N3O2/c1-3-16-23-15-5-4-11(19)8-12(15)18(25)24(16)22-9-10-6-13(20)17(26-2)14(21)7-10/h4-9H,3H2,1-2H3. The molecule has 0 saturated carbocycles. The van der Waals surface area contributed by atoms with E-state index in [0.717, 1.165) is 4.47 Å². The van der Waals surface area contributed by atoms with Crippen molar-refractivity contribution in [3.05, 3.63) is 66.6 Å². The number of fused-ring (bicyclic) bond motifs is 1. The van der Waals surface area contributed by atoms with Crippen molar-refractivity contribution in [2.75, 3.05) is 7.11 Å². The van der Waals surface area contributed by atoms with Crippen molar-refractivity contribution < 1.29 is 4.74 Å². The number of halogens is 3. The van der Waals surface area contributed by atoms with E-state index in [1.807, 2.05) is 13.0 Å². The lowest BCUT2D eigenvalue weighted by molar-refractivity contribution is 0.415. The van der Waals surface area contributed by atoms with Crippen LogP contribution in [-0.4, -0.2) is 23.0 Å². The van der Waals surface area contributed by atoms with Crippen molar-refractivity contribution in [1.82, 2.24) is 9.66 Å². The quantitative estimate of drug-likeness (QED) is 0.525. The number of methoxy groups -OCH3 is 1. The SMILES string of the molecule is CCc1nc2ccc(Br)cc2c(=O)n1N=Cc1cc(Cl)c(OC)c(Cl)c1. The third kappa shape index (κ3) is 3.63. The van der Waals surface area contributed by atoms with Crippen LogP contribution in [0.5, 0.6) is 5.75 Å². The molecule has 0 fully saturated rings. The molecule has 3 aromatic rings. The van der Waals surface area contributed by atoms with Gasteiger partial charge in [-0.2, -0.15) is 9.78 Å². The van der Waals surface area contributed by atoms with Gasteiger partial charge in [0.25, 0.3) is 5.56 Å². The highest BCUT2D eigenvalue weighted by Crippen LogP contribution is 2.33. The first-order valence-electron chi connectivity index (χ1n) is 7.73. The molecule has 0 saturated heterocycles. The zero-order valence-electron chi connectivity index (χ0n) is 14.0. The van der Waals surface area contributed by atoms with E-state index in [1.54, 1.807) is 24.3 Å². The van der Waals surface area contributed by atoms with Crippen molar-refractivity contribution in [3.63, 3.8) is 0 Å². The van der Waals surface area contributed by atoms with Gasteiger partial charge >= 0.3 is 0 Å². The molecule has 0 aliphatic carbocycles. The van der Waals surface area contributed by atoms with E-state index in [-0.39, 0.29) is 5.56 Å². The van der Waals surface area contributed by atoms with Crippen LogP contribution in [0.25, 0.3) is 10.9 Å². The van der Waals surface area contributed by atoms with Gasteiger partial charge in [0.05, 0.1) is 34.3 Å². The predicted molar refractivity (Wildman–Crippen MR) is 109 cm³/mol. The van der Waals surface area contributed by atoms with Crippen molar-refractivity contribution >= 4 is 56.2 Å². The molecule has 134 valence electrons. The van der Waals surface area contributed by atoms with Gasteiger partial charge in [-0.1, -0.05) is 46.1 Å². The number of ether oxygens (including phenoxy) is 1. The zero-order chi connectivity index (χ0) is 18.8. The summed E-state index contributed by atoms with van der Waals surface area (Å²) in [6.07, 6.45) is 2.08. The van der Waals surface area contributed by atoms with E-state index in [0.29, 0.717) is 44.5 Å². The molecule has 2 aromatic carbocycles. The number of nitrogens with zero attached hydrogens (tertiary/aromatic N) is 3. The fourth-order valence-corrected chi connectivity index (χ4v) is 3.54. The largest absolute Gasteiger partial charge is 0.494 e. The fourth-order valence-electron chi connectivity index (χ4n) is 2.52. The van der Waals surface area contributed by atoms with Crippen molar-refractivity contribution in [2.45, 2.75) is 13.3 Å². The van der Waals surface area contributed by atoms with Crippen LogP contribution in [0.2, 0.25) is 10.0 Å². The lowest BCUT2D eigenvalue weighted by atomic mass is 10.2. The van der Waals surface area contributed by atoms with Gasteiger partial charge in [-0.15, -0.1) is 0 Å². The van der Waals surface area contributed by atoms with Crippen LogP contribution >= 0.6 is 39.1 Å². The van der Waals surface area contributed by atoms with Gasteiger partial charge in [-0.3, -0.25) is 4.79 Å². The first kappa shape index (κ1) is 18.9. The topological polar surface area (TPSA) is 56.5 Å². The average Bonchev–Trinajstić information content (AvgIpc) is 2.61. The van der Waals surface area contributed by atoms with Gasteiger partial charge in [0, 0.05) is 10.9 Å². The van der Waals surface area contributed by atoms with Gasteiger partial charge < -0.3 is 4.74 Å². The number of hydrogen-bond acceptors (Lipinski definition) is 4. The van der Waals surface area contributed by atoms with Crippen molar-refractivity contribution in [3.8, 4) is 5.75 Å². The number of benzene rings is 2. The van der Waals surface area contributed by atoms with E-state index >= 15 is 0 Å². The highest BCUT2D eigenvalue weighted by Gasteiger charge is 2.11. The summed E-state index contributed by atoms with van der Waals surface area (Å²) in [7, 11) is 1.49. The van der Waals surface area contributed by atoms with Gasteiger partial charge in [0.15, 0.2) is 5.75 Å². The molecule has 1 heterocycles. The molecule has 26 heavy (non-hydrogen) atoms. The highest BCUT2D eigenvalue weighted by molar-refractivity contribution is 9.10. The molecule has 0 aliphatic rings. The summed E-state index contributed by atoms with van der Waals surface area (Å²) in [5.74, 6) is 0.959. The Morgan fingerprint density at radius 2 is 1.96 bits per heavy atom. The third-order valence-corrected chi connectivity index (χ3v) is 4.79. The summed E-state index contributed by atoms with van der Waals surface area (Å²) in [5.41, 5.74) is 1.04. The Balaban J connectivity index is 2.12. The summed E-state index contributed by atoms with van der Waals surface area (Å²) in [6, 6.07) is 8.71. The van der Waals surface area contributed by atoms with Crippen LogP contribution in [0.3, 0.4) is 0 Å². The maximum atomic E-state index is 12.8. The number of aromatic nitrogens is 2. The normalized spacial score (nSPS) is 11.4. The Kier molecular flexibility index (Phi) is 5.65. The second-order valence-corrected chi connectivity index (χ2v) is 7.15. The Morgan fingerprint density at radius 3 is 2.58 bits per heavy atom. The van der Waals surface area contributed by atoms with Crippen molar-refractivity contribution in [1.29, 1.82) is 0 Å². The molecular formula is C18H14BrCl2N3O2. The van der Waals surface area contributed by atoms with Crippen LogP contribution in [0.15, 0.2) is 44.7 Å². The third-order valence-electron chi connectivity index (χ3n) is 3.74. The molecule has 0 unspecified atom stereocenters. The Labute approximate surface area is 168 Å². The molecule has 8 heteroatoms. The molecular weight excluding hydrogens is 441 g/mol. The van der Waals surface area contributed by atoms with E-state index in [4.69, 9.17) is 27.9 Å². The highest BCUT2D eigenvalue weighted by atomic mass is 79.9. The molecule has 0 amide bonds. The molecule has 0 N–H and O–H groups in total. The van der Waals surface area contributed by atoms with Gasteiger partial charge in [0.1, 0.15) is 5.82 Å². The lowest BCUT2D eigenvalue weighted by Gasteiger charge is -2.08. The fraction of sp³-hybridized carbons (Fsp3) is 0.167. The van der Waals surface area contributed by atoms with Gasteiger partial charge in [-0.05, 0) is 35.9 Å². The van der Waals surface area contributed by atoms with Crippen LogP contribution in [-0.2, 0) is 6.42 Å². The number of rotatable bonds is 4. The molecule has 0 bridgehead atoms. The smallest absolute Gasteiger partial charge is 0.282 e. The molecule has 1 aromatic heterocycles. The molecule has 0 aliphatic heterocycles. The molecule has 0 atom stereocenters. The summed E-state index contributed by atoms with van der Waals surface area (Å²) in [5, 5.41) is 5.52. The van der Waals surface area contributed by atoms with Crippen molar-refractivity contribution in [2.24, 2.45) is 5.10 Å². The molecule has 5 nitrogen and oxygen atoms in total. The van der Waals surface area contributed by atoms with E-state index in [1.165, 1.54) is 18.0 Å². The number of hydrogen-bond donors (Lipinski definition) is 0. The summed E-state index contributed by atoms with van der Waals surface area (Å²) in [6.45, 7) is 1.92. The van der Waals surface area contributed by atoms with E-state index < -0.39 is 0 Å². The molecule has 3 rings (SSSR count). The second-order valence-electron chi connectivity index (χ2n) is 5.42. The van der Waals surface area contributed by atoms with Crippen LogP contribution < -0.4 is 10.3 Å². The van der Waals surface area contributed by atoms with Crippen LogP contribution in [0, 0.1) is 0 Å². The zero-order valence-corrected chi connectivity index (χ0v) is 17.1. The monoisotopic (exact) mass is 453 g/mol. The second kappa shape index (κ2) is 7.78. The van der Waals surface area contributed by atoms with E-state index in [9.17, 15) is 4.79 Å². The Bertz CT molecular complexity index is 1060. The minimum absolute atomic E-state index is 0.241. The average molecular weight is 455 g/mol.